The van der Waals surface area contributed by atoms with Crippen molar-refractivity contribution in [2.75, 3.05) is 0 Å². The molecule has 2 aromatic carbocycles. The molecule has 0 amide bonds. The molecule has 1 N–H and O–H groups in total. The van der Waals surface area contributed by atoms with Crippen LogP contribution in [0.2, 0.25) is 0 Å². The van der Waals surface area contributed by atoms with Crippen LogP contribution in [0.4, 0.5) is 5.69 Å². The van der Waals surface area contributed by atoms with Gasteiger partial charge >= 0.3 is 0 Å². The summed E-state index contributed by atoms with van der Waals surface area (Å²) in [5, 5.41) is 9.77. The standard InChI is InChI=1S/C15H13ClN2O5S/c16-15(19)14(10-11-4-2-1-3-5-11)17-24(22,23)13-8-6-12(7-9-13)18(20)21/h1-9,14,17H,10H2/t14-/m1/s1. The number of benzene rings is 2. The van der Waals surface area contributed by atoms with E-state index in [-0.39, 0.29) is 17.0 Å². The topological polar surface area (TPSA) is 106 Å². The first-order chi connectivity index (χ1) is 11.3. The van der Waals surface area contributed by atoms with E-state index in [9.17, 15) is 23.3 Å². The van der Waals surface area contributed by atoms with Gasteiger partial charge in [-0.05, 0) is 35.7 Å². The molecule has 2 aromatic rings. The molecule has 9 heteroatoms. The highest BCUT2D eigenvalue weighted by molar-refractivity contribution is 7.89. The van der Waals surface area contributed by atoms with Crippen molar-refractivity contribution in [3.05, 3.63) is 70.3 Å². The van der Waals surface area contributed by atoms with Gasteiger partial charge in [0.15, 0.2) is 0 Å². The van der Waals surface area contributed by atoms with Gasteiger partial charge in [-0.2, -0.15) is 4.72 Å². The molecule has 0 saturated carbocycles. The van der Waals surface area contributed by atoms with Crippen molar-refractivity contribution in [2.45, 2.75) is 17.4 Å². The molecule has 1 atom stereocenters. The van der Waals surface area contributed by atoms with E-state index in [1.54, 1.807) is 30.3 Å². The second-order valence-electron chi connectivity index (χ2n) is 4.92. The van der Waals surface area contributed by atoms with Crippen molar-refractivity contribution in [3.63, 3.8) is 0 Å². The molecule has 0 heterocycles. The van der Waals surface area contributed by atoms with E-state index >= 15 is 0 Å². The number of hydrogen-bond acceptors (Lipinski definition) is 5. The lowest BCUT2D eigenvalue weighted by atomic mass is 10.1. The van der Waals surface area contributed by atoms with Crippen LogP contribution in [-0.4, -0.2) is 24.6 Å². The minimum absolute atomic E-state index is 0.0926. The lowest BCUT2D eigenvalue weighted by Gasteiger charge is -2.15. The fourth-order valence-corrected chi connectivity index (χ4v) is 3.41. The average molecular weight is 369 g/mol. The molecule has 0 fully saturated rings. The maximum atomic E-state index is 12.3. The fourth-order valence-electron chi connectivity index (χ4n) is 2.02. The zero-order valence-corrected chi connectivity index (χ0v) is 13.8. The first-order valence-corrected chi connectivity index (χ1v) is 8.66. The van der Waals surface area contributed by atoms with E-state index in [2.05, 4.69) is 4.72 Å². The molecule has 7 nitrogen and oxygen atoms in total. The molecule has 0 aliphatic carbocycles. The second-order valence-corrected chi connectivity index (χ2v) is 7.01. The summed E-state index contributed by atoms with van der Waals surface area (Å²) in [5.74, 6) is 0. The zero-order valence-electron chi connectivity index (χ0n) is 12.3. The van der Waals surface area contributed by atoms with Crippen molar-refractivity contribution in [3.8, 4) is 0 Å². The van der Waals surface area contributed by atoms with Gasteiger partial charge in [0, 0.05) is 12.1 Å². The number of carbonyl (C=O) groups excluding carboxylic acids is 1. The van der Waals surface area contributed by atoms with Crippen molar-refractivity contribution in [1.29, 1.82) is 0 Å². The second kappa shape index (κ2) is 7.52. The molecular formula is C15H13ClN2O5S. The van der Waals surface area contributed by atoms with E-state index in [0.29, 0.717) is 0 Å². The van der Waals surface area contributed by atoms with Crippen LogP contribution in [0.1, 0.15) is 5.56 Å². The Hall–Kier alpha value is -2.29. The molecular weight excluding hydrogens is 356 g/mol. The maximum absolute atomic E-state index is 12.3. The number of rotatable bonds is 7. The van der Waals surface area contributed by atoms with Gasteiger partial charge in [0.05, 0.1) is 15.9 Å². The third-order valence-corrected chi connectivity index (χ3v) is 4.96. The van der Waals surface area contributed by atoms with E-state index in [0.717, 1.165) is 29.8 Å². The smallest absolute Gasteiger partial charge is 0.269 e. The molecule has 0 aliphatic rings. The minimum Gasteiger partial charge on any atom is -0.279 e. The Labute approximate surface area is 143 Å². The number of non-ortho nitro benzene ring substituents is 1. The summed E-state index contributed by atoms with van der Waals surface area (Å²) in [4.78, 5) is 21.3. The third-order valence-electron chi connectivity index (χ3n) is 3.21. The van der Waals surface area contributed by atoms with Crippen LogP contribution in [0.15, 0.2) is 59.5 Å². The zero-order chi connectivity index (χ0) is 17.7. The van der Waals surface area contributed by atoms with Crippen molar-refractivity contribution >= 4 is 32.6 Å². The summed E-state index contributed by atoms with van der Waals surface area (Å²) < 4.78 is 26.9. The normalized spacial score (nSPS) is 12.5. The fraction of sp³-hybridized carbons (Fsp3) is 0.133. The van der Waals surface area contributed by atoms with Crippen LogP contribution in [0, 0.1) is 10.1 Å². The van der Waals surface area contributed by atoms with E-state index < -0.39 is 26.2 Å². The summed E-state index contributed by atoms with van der Waals surface area (Å²) >= 11 is 5.50. The highest BCUT2D eigenvalue weighted by Crippen LogP contribution is 2.17. The van der Waals surface area contributed by atoms with Crippen LogP contribution in [-0.2, 0) is 21.2 Å². The van der Waals surface area contributed by atoms with Crippen LogP contribution in [0.3, 0.4) is 0 Å². The SMILES string of the molecule is O=C(Cl)[C@@H](Cc1ccccc1)NS(=O)(=O)c1ccc([N+](=O)[O-])cc1. The summed E-state index contributed by atoms with van der Waals surface area (Å²) in [7, 11) is -4.04. The molecule has 0 radical (unpaired) electrons. The maximum Gasteiger partial charge on any atom is 0.269 e. The number of nitrogens with one attached hydrogen (secondary N) is 1. The lowest BCUT2D eigenvalue weighted by Crippen LogP contribution is -2.40. The number of hydrogen-bond donors (Lipinski definition) is 1. The van der Waals surface area contributed by atoms with Crippen molar-refractivity contribution in [2.24, 2.45) is 0 Å². The predicted molar refractivity (Wildman–Crippen MR) is 88.2 cm³/mol. The lowest BCUT2D eigenvalue weighted by molar-refractivity contribution is -0.384. The Kier molecular flexibility index (Phi) is 5.66. The number of halogens is 1. The molecule has 0 aliphatic heterocycles. The van der Waals surface area contributed by atoms with Gasteiger partial charge in [-0.1, -0.05) is 30.3 Å². The summed E-state index contributed by atoms with van der Waals surface area (Å²) in [6.45, 7) is 0. The summed E-state index contributed by atoms with van der Waals surface area (Å²) in [6.07, 6.45) is 0.0926. The summed E-state index contributed by atoms with van der Waals surface area (Å²) in [6, 6.07) is 12.0. The molecule has 0 saturated heterocycles. The van der Waals surface area contributed by atoms with Gasteiger partial charge in [-0.25, -0.2) is 8.42 Å². The molecule has 24 heavy (non-hydrogen) atoms. The van der Waals surface area contributed by atoms with Gasteiger partial charge in [-0.15, -0.1) is 0 Å². The third kappa shape index (κ3) is 4.60. The first kappa shape index (κ1) is 18.1. The van der Waals surface area contributed by atoms with Crippen LogP contribution >= 0.6 is 11.6 Å². The Morgan fingerprint density at radius 3 is 2.21 bits per heavy atom. The molecule has 0 spiro atoms. The molecule has 2 rings (SSSR count). The highest BCUT2D eigenvalue weighted by Gasteiger charge is 2.25. The summed E-state index contributed by atoms with van der Waals surface area (Å²) in [5.41, 5.74) is 0.506. The minimum atomic E-state index is -4.04. The van der Waals surface area contributed by atoms with Gasteiger partial charge in [0.25, 0.3) is 5.69 Å². The molecule has 126 valence electrons. The van der Waals surface area contributed by atoms with Crippen LogP contribution < -0.4 is 4.72 Å². The highest BCUT2D eigenvalue weighted by atomic mass is 35.5. The van der Waals surface area contributed by atoms with E-state index in [1.165, 1.54) is 0 Å². The van der Waals surface area contributed by atoms with Gasteiger partial charge in [0.1, 0.15) is 0 Å². The van der Waals surface area contributed by atoms with E-state index in [4.69, 9.17) is 11.6 Å². The Morgan fingerprint density at radius 2 is 1.71 bits per heavy atom. The largest absolute Gasteiger partial charge is 0.279 e. The van der Waals surface area contributed by atoms with Gasteiger partial charge in [0.2, 0.25) is 15.3 Å². The van der Waals surface area contributed by atoms with Crippen LogP contribution in [0.25, 0.3) is 0 Å². The molecule has 0 aromatic heterocycles. The molecule has 0 bridgehead atoms. The van der Waals surface area contributed by atoms with Gasteiger partial charge < -0.3 is 0 Å². The van der Waals surface area contributed by atoms with Crippen molar-refractivity contribution in [1.82, 2.24) is 4.72 Å². The number of carbonyl (C=O) groups is 1. The van der Waals surface area contributed by atoms with Crippen LogP contribution in [0.5, 0.6) is 0 Å². The van der Waals surface area contributed by atoms with Crippen molar-refractivity contribution < 1.29 is 18.1 Å². The molecule has 0 unspecified atom stereocenters. The Balaban J connectivity index is 2.21. The Morgan fingerprint density at radius 1 is 1.12 bits per heavy atom. The number of nitro groups is 1. The number of nitrogens with zero attached hydrogens (tertiary/aromatic N) is 1. The van der Waals surface area contributed by atoms with E-state index in [1.807, 2.05) is 0 Å². The quantitative estimate of drug-likeness (QED) is 0.458. The average Bonchev–Trinajstić information content (AvgIpc) is 2.55. The first-order valence-electron chi connectivity index (χ1n) is 6.79. The Bertz CT molecular complexity index is 838. The number of sulfonamides is 1. The predicted octanol–water partition coefficient (Wildman–Crippen LogP) is 2.25. The van der Waals surface area contributed by atoms with Gasteiger partial charge in [-0.3, -0.25) is 14.9 Å². The number of nitro benzene ring substituents is 1. The monoisotopic (exact) mass is 368 g/mol.